The van der Waals surface area contributed by atoms with Crippen molar-refractivity contribution in [3.8, 4) is 0 Å². The van der Waals surface area contributed by atoms with Crippen molar-refractivity contribution >= 4 is 11.7 Å². The molecule has 6 heteroatoms. The van der Waals surface area contributed by atoms with Gasteiger partial charge in [-0.2, -0.15) is 0 Å². The lowest BCUT2D eigenvalue weighted by molar-refractivity contribution is -0.131. The van der Waals surface area contributed by atoms with Gasteiger partial charge in [0.25, 0.3) is 0 Å². The maximum absolute atomic E-state index is 12.2. The smallest absolute Gasteiger partial charge is 0.233 e. The van der Waals surface area contributed by atoms with Gasteiger partial charge in [0.15, 0.2) is 5.84 Å². The Morgan fingerprint density at radius 3 is 2.47 bits per heavy atom. The maximum atomic E-state index is 12.2. The van der Waals surface area contributed by atoms with E-state index >= 15 is 0 Å². The van der Waals surface area contributed by atoms with Crippen molar-refractivity contribution in [3.63, 3.8) is 0 Å². The monoisotopic (exact) mass is 268 g/mol. The number of oxime groups is 1. The van der Waals surface area contributed by atoms with E-state index in [0.29, 0.717) is 19.4 Å². The number of nitrogens with one attached hydrogen (secondary N) is 1. The van der Waals surface area contributed by atoms with Gasteiger partial charge >= 0.3 is 0 Å². The zero-order valence-corrected chi connectivity index (χ0v) is 11.4. The summed E-state index contributed by atoms with van der Waals surface area (Å²) < 4.78 is 0. The number of piperidine rings is 1. The van der Waals surface area contributed by atoms with Gasteiger partial charge in [-0.3, -0.25) is 4.79 Å². The highest BCUT2D eigenvalue weighted by molar-refractivity contribution is 6.07. The van der Waals surface area contributed by atoms with E-state index in [1.54, 1.807) is 0 Å². The van der Waals surface area contributed by atoms with Crippen LogP contribution in [-0.4, -0.2) is 48.0 Å². The van der Waals surface area contributed by atoms with E-state index < -0.39 is 5.41 Å². The Bertz CT molecular complexity index is 347. The van der Waals surface area contributed by atoms with Crippen molar-refractivity contribution in [1.29, 1.82) is 0 Å². The number of carbonyl (C=O) groups is 1. The van der Waals surface area contributed by atoms with E-state index in [0.717, 1.165) is 26.1 Å². The molecule has 0 aromatic carbocycles. The number of rotatable bonds is 5. The number of likely N-dealkylation sites (tertiary alicyclic amines) is 1. The number of hydrogen-bond acceptors (Lipinski definition) is 4. The third kappa shape index (κ3) is 3.00. The fourth-order valence-corrected chi connectivity index (χ4v) is 2.91. The fourth-order valence-electron chi connectivity index (χ4n) is 2.91. The van der Waals surface area contributed by atoms with Gasteiger partial charge in [-0.15, -0.1) is 0 Å². The van der Waals surface area contributed by atoms with E-state index in [2.05, 4.69) is 15.4 Å². The Balaban J connectivity index is 1.77. The number of carbonyl (C=O) groups excluding carboxylic acids is 1. The van der Waals surface area contributed by atoms with Gasteiger partial charge in [0.05, 0.1) is 0 Å². The molecule has 2 rings (SSSR count). The van der Waals surface area contributed by atoms with Gasteiger partial charge in [0.2, 0.25) is 5.91 Å². The predicted molar refractivity (Wildman–Crippen MR) is 73.0 cm³/mol. The highest BCUT2D eigenvalue weighted by Gasteiger charge is 2.48. The van der Waals surface area contributed by atoms with Crippen LogP contribution in [0, 0.1) is 5.41 Å². The molecule has 1 aliphatic heterocycles. The number of amidine groups is 1. The van der Waals surface area contributed by atoms with Crippen LogP contribution < -0.4 is 11.1 Å². The van der Waals surface area contributed by atoms with E-state index in [1.807, 2.05) is 0 Å². The van der Waals surface area contributed by atoms with E-state index in [9.17, 15) is 4.79 Å². The lowest BCUT2D eigenvalue weighted by Gasteiger charge is -2.38. The molecule has 0 aromatic heterocycles. The second kappa shape index (κ2) is 6.23. The quantitative estimate of drug-likeness (QED) is 0.293. The summed E-state index contributed by atoms with van der Waals surface area (Å²) in [7, 11) is 0. The molecule has 2 aliphatic rings. The van der Waals surface area contributed by atoms with Crippen LogP contribution in [0.1, 0.15) is 38.5 Å². The van der Waals surface area contributed by atoms with Crippen LogP contribution in [0.25, 0.3) is 0 Å². The second-order valence-corrected chi connectivity index (χ2v) is 5.58. The lowest BCUT2D eigenvalue weighted by atomic mass is 9.67. The molecular weight excluding hydrogens is 244 g/mol. The molecule has 2 fully saturated rings. The molecule has 1 saturated carbocycles. The Labute approximate surface area is 114 Å². The minimum absolute atomic E-state index is 0.0502. The first-order valence-electron chi connectivity index (χ1n) is 7.18. The highest BCUT2D eigenvalue weighted by Crippen LogP contribution is 2.41. The zero-order chi connectivity index (χ0) is 13.7. The average Bonchev–Trinajstić information content (AvgIpc) is 2.38. The molecule has 1 aliphatic carbocycles. The van der Waals surface area contributed by atoms with E-state index in [-0.39, 0.29) is 11.7 Å². The van der Waals surface area contributed by atoms with Crippen molar-refractivity contribution in [1.82, 2.24) is 10.2 Å². The van der Waals surface area contributed by atoms with Crippen molar-refractivity contribution in [3.05, 3.63) is 0 Å². The maximum Gasteiger partial charge on any atom is 0.233 e. The summed E-state index contributed by atoms with van der Waals surface area (Å²) in [5.74, 6) is -0.0414. The Kier molecular flexibility index (Phi) is 4.63. The van der Waals surface area contributed by atoms with Gasteiger partial charge < -0.3 is 21.2 Å². The topological polar surface area (TPSA) is 91.0 Å². The van der Waals surface area contributed by atoms with E-state index in [1.165, 1.54) is 19.3 Å². The summed E-state index contributed by atoms with van der Waals surface area (Å²) >= 11 is 0. The molecule has 4 N–H and O–H groups in total. The van der Waals surface area contributed by atoms with Crippen molar-refractivity contribution in [2.75, 3.05) is 26.2 Å². The summed E-state index contributed by atoms with van der Waals surface area (Å²) in [6, 6.07) is 0. The number of hydrogen-bond donors (Lipinski definition) is 3. The summed E-state index contributed by atoms with van der Waals surface area (Å²) in [6.07, 6.45) is 6.13. The summed E-state index contributed by atoms with van der Waals surface area (Å²) in [6.45, 7) is 3.78. The molecule has 0 radical (unpaired) electrons. The first kappa shape index (κ1) is 14.1. The van der Waals surface area contributed by atoms with E-state index in [4.69, 9.17) is 10.9 Å². The molecule has 0 spiro atoms. The zero-order valence-electron chi connectivity index (χ0n) is 11.4. The molecule has 1 saturated heterocycles. The van der Waals surface area contributed by atoms with Crippen molar-refractivity contribution < 1.29 is 10.0 Å². The highest BCUT2D eigenvalue weighted by atomic mass is 16.4. The molecule has 0 unspecified atom stereocenters. The molecule has 108 valence electrons. The van der Waals surface area contributed by atoms with Crippen LogP contribution in [-0.2, 0) is 4.79 Å². The van der Waals surface area contributed by atoms with Gasteiger partial charge in [0.1, 0.15) is 5.41 Å². The molecule has 19 heavy (non-hydrogen) atoms. The van der Waals surface area contributed by atoms with Crippen molar-refractivity contribution in [2.45, 2.75) is 38.5 Å². The van der Waals surface area contributed by atoms with Gasteiger partial charge in [-0.1, -0.05) is 18.0 Å². The number of nitrogens with zero attached hydrogens (tertiary/aromatic N) is 2. The van der Waals surface area contributed by atoms with Gasteiger partial charge in [-0.25, -0.2) is 0 Å². The molecular formula is C13H24N4O2. The standard InChI is InChI=1S/C13H24N4O2/c14-11(16-19)13(5-4-6-13)12(18)15-7-10-17-8-2-1-3-9-17/h19H,1-10H2,(H2,14,16)(H,15,18). The molecule has 1 heterocycles. The van der Waals surface area contributed by atoms with Gasteiger partial charge in [0, 0.05) is 13.1 Å². The van der Waals surface area contributed by atoms with Crippen LogP contribution in [0.3, 0.4) is 0 Å². The van der Waals surface area contributed by atoms with Crippen LogP contribution in [0.5, 0.6) is 0 Å². The number of amides is 1. The van der Waals surface area contributed by atoms with Crippen LogP contribution in [0.2, 0.25) is 0 Å². The molecule has 0 bridgehead atoms. The fraction of sp³-hybridized carbons (Fsp3) is 0.846. The minimum atomic E-state index is -0.753. The average molecular weight is 268 g/mol. The minimum Gasteiger partial charge on any atom is -0.409 e. The first-order valence-corrected chi connectivity index (χ1v) is 7.18. The predicted octanol–water partition coefficient (Wildman–Crippen LogP) is 0.505. The van der Waals surface area contributed by atoms with Crippen LogP contribution in [0.15, 0.2) is 5.16 Å². The lowest BCUT2D eigenvalue weighted by Crippen LogP contribution is -2.54. The number of nitrogens with two attached hydrogens (primary N) is 1. The summed E-state index contributed by atoms with van der Waals surface area (Å²) in [4.78, 5) is 14.6. The summed E-state index contributed by atoms with van der Waals surface area (Å²) in [5.41, 5.74) is 4.90. The Hall–Kier alpha value is -1.30. The van der Waals surface area contributed by atoms with Crippen molar-refractivity contribution in [2.24, 2.45) is 16.3 Å². The SMILES string of the molecule is NC(=NO)C1(C(=O)NCCN2CCCCC2)CCC1. The summed E-state index contributed by atoms with van der Waals surface area (Å²) in [5, 5.41) is 14.7. The molecule has 6 nitrogen and oxygen atoms in total. The third-order valence-corrected chi connectivity index (χ3v) is 4.40. The molecule has 0 aromatic rings. The normalized spacial score (nSPS) is 23.7. The second-order valence-electron chi connectivity index (χ2n) is 5.58. The third-order valence-electron chi connectivity index (χ3n) is 4.40. The Morgan fingerprint density at radius 1 is 1.26 bits per heavy atom. The van der Waals surface area contributed by atoms with Gasteiger partial charge in [-0.05, 0) is 38.8 Å². The molecule has 1 amide bonds. The first-order chi connectivity index (χ1) is 9.19. The Morgan fingerprint density at radius 2 is 1.95 bits per heavy atom. The largest absolute Gasteiger partial charge is 0.409 e. The van der Waals surface area contributed by atoms with Crippen LogP contribution in [0.4, 0.5) is 0 Å². The van der Waals surface area contributed by atoms with Crippen LogP contribution >= 0.6 is 0 Å². The molecule has 0 atom stereocenters.